The van der Waals surface area contributed by atoms with Crippen LogP contribution in [0.3, 0.4) is 0 Å². The van der Waals surface area contributed by atoms with Crippen LogP contribution in [0.15, 0.2) is 55.7 Å². The zero-order valence-corrected chi connectivity index (χ0v) is 20.9. The molecule has 0 saturated heterocycles. The largest absolute Gasteiger partial charge is 0.285 e. The second-order valence-electron chi connectivity index (χ2n) is 8.10. The molecule has 1 N–H and O–H groups in total. The lowest BCUT2D eigenvalue weighted by Crippen LogP contribution is -2.40. The van der Waals surface area contributed by atoms with Crippen LogP contribution in [0.25, 0.3) is 0 Å². The fourth-order valence-electron chi connectivity index (χ4n) is 4.23. The van der Waals surface area contributed by atoms with E-state index < -0.39 is 6.04 Å². The van der Waals surface area contributed by atoms with Gasteiger partial charge in [-0.1, -0.05) is 31.2 Å². The lowest BCUT2D eigenvalue weighted by atomic mass is 9.61. The molecule has 0 spiro atoms. The smallest absolute Gasteiger partial charge is 0.277 e. The van der Waals surface area contributed by atoms with Crippen molar-refractivity contribution in [3.63, 3.8) is 0 Å². The summed E-state index contributed by atoms with van der Waals surface area (Å²) in [6.45, 7) is 16.4. The number of hydrogen-bond donors (Lipinski definition) is 1. The second kappa shape index (κ2) is 9.89. The van der Waals surface area contributed by atoms with Crippen molar-refractivity contribution >= 4 is 51.1 Å². The highest BCUT2D eigenvalue weighted by molar-refractivity contribution is 14.1. The van der Waals surface area contributed by atoms with Gasteiger partial charge in [-0.05, 0) is 113 Å². The molecule has 1 amide bonds. The van der Waals surface area contributed by atoms with Gasteiger partial charge < -0.3 is 0 Å². The number of hydroxylamine groups is 2. The molecule has 0 radical (unpaired) electrons. The van der Waals surface area contributed by atoms with Crippen LogP contribution in [-0.4, -0.2) is 22.2 Å². The van der Waals surface area contributed by atoms with E-state index >= 15 is 0 Å². The number of amides is 1. The maximum absolute atomic E-state index is 12.8. The van der Waals surface area contributed by atoms with Crippen molar-refractivity contribution < 1.29 is 10.0 Å². The summed E-state index contributed by atoms with van der Waals surface area (Å²) in [6.07, 6.45) is 7.51. The molecule has 1 aromatic carbocycles. The minimum absolute atomic E-state index is 0.0676. The van der Waals surface area contributed by atoms with E-state index in [9.17, 15) is 10.0 Å². The Bertz CT molecular complexity index is 756. The van der Waals surface area contributed by atoms with Gasteiger partial charge in [-0.2, -0.15) is 0 Å². The summed E-state index contributed by atoms with van der Waals surface area (Å²) in [4.78, 5) is 12.8. The number of carbonyl (C=O) groups is 1. The van der Waals surface area contributed by atoms with E-state index in [1.165, 1.54) is 5.57 Å². The fraction of sp³-hybridized carbons (Fsp3) is 0.435. The zero-order valence-electron chi connectivity index (χ0n) is 16.6. The first kappa shape index (κ1) is 23.6. The number of benzene rings is 1. The van der Waals surface area contributed by atoms with Gasteiger partial charge in [-0.15, -0.1) is 13.2 Å². The number of carbonyl (C=O) groups excluding carboxylic acids is 1. The molecule has 5 heteroatoms. The van der Waals surface area contributed by atoms with Gasteiger partial charge in [0.2, 0.25) is 0 Å². The quantitative estimate of drug-likeness (QED) is 0.160. The minimum Gasteiger partial charge on any atom is -0.285 e. The van der Waals surface area contributed by atoms with E-state index in [2.05, 4.69) is 84.8 Å². The maximum atomic E-state index is 12.8. The predicted octanol–water partition coefficient (Wildman–Crippen LogP) is 6.86. The van der Waals surface area contributed by atoms with Crippen LogP contribution >= 0.6 is 45.2 Å². The van der Waals surface area contributed by atoms with Crippen molar-refractivity contribution in [3.05, 3.63) is 68.4 Å². The highest BCUT2D eigenvalue weighted by Gasteiger charge is 2.39. The SMILES string of the molecule is C=CC(C[C@@H]1CC[C@@](C)(C=C)[C@H](C(=C)C)C1)N(O)C(=O)c1cc(I)cc(I)c1. The summed E-state index contributed by atoms with van der Waals surface area (Å²) in [5.74, 6) is 0.384. The molecule has 0 heterocycles. The summed E-state index contributed by atoms with van der Waals surface area (Å²) in [6, 6.07) is 5.16. The van der Waals surface area contributed by atoms with E-state index in [4.69, 9.17) is 0 Å². The molecular weight excluding hydrogens is 576 g/mol. The summed E-state index contributed by atoms with van der Waals surface area (Å²) in [7, 11) is 0. The van der Waals surface area contributed by atoms with E-state index in [0.29, 0.717) is 23.8 Å². The molecule has 1 aliphatic carbocycles. The van der Waals surface area contributed by atoms with E-state index in [0.717, 1.165) is 31.5 Å². The Morgan fingerprint density at radius 1 is 1.36 bits per heavy atom. The van der Waals surface area contributed by atoms with Crippen LogP contribution in [0.5, 0.6) is 0 Å². The molecule has 1 saturated carbocycles. The molecule has 4 atom stereocenters. The van der Waals surface area contributed by atoms with Gasteiger partial charge >= 0.3 is 0 Å². The van der Waals surface area contributed by atoms with Gasteiger partial charge in [0.25, 0.3) is 5.91 Å². The highest BCUT2D eigenvalue weighted by atomic mass is 127. The van der Waals surface area contributed by atoms with Crippen molar-refractivity contribution in [2.24, 2.45) is 17.3 Å². The molecule has 152 valence electrons. The van der Waals surface area contributed by atoms with Gasteiger partial charge in [-0.3, -0.25) is 10.0 Å². The lowest BCUT2D eigenvalue weighted by molar-refractivity contribution is -0.0831. The molecule has 1 aliphatic rings. The van der Waals surface area contributed by atoms with Crippen molar-refractivity contribution in [1.29, 1.82) is 0 Å². The van der Waals surface area contributed by atoms with Crippen molar-refractivity contribution in [3.8, 4) is 0 Å². The number of halogens is 2. The number of hydrogen-bond acceptors (Lipinski definition) is 2. The predicted molar refractivity (Wildman–Crippen MR) is 132 cm³/mol. The molecule has 1 unspecified atom stereocenters. The monoisotopic (exact) mass is 605 g/mol. The standard InChI is InChI=1S/C23H29I2NO2/c1-6-20(26(28)22(27)17-12-18(24)14-19(25)13-17)10-16-8-9-23(5,7-2)21(11-16)15(3)4/h6-7,12-14,16,20-21,28H,1-3,8-11H2,4-5H3/t16-,20?,21-,23+/m0/s1. The van der Waals surface area contributed by atoms with Crippen LogP contribution in [0.2, 0.25) is 0 Å². The minimum atomic E-state index is -0.410. The van der Waals surface area contributed by atoms with Gasteiger partial charge in [0.15, 0.2) is 0 Å². The highest BCUT2D eigenvalue weighted by Crippen LogP contribution is 2.48. The van der Waals surface area contributed by atoms with Gasteiger partial charge in [0.1, 0.15) is 0 Å². The third-order valence-electron chi connectivity index (χ3n) is 6.00. The average molecular weight is 605 g/mol. The third kappa shape index (κ3) is 5.48. The van der Waals surface area contributed by atoms with Crippen molar-refractivity contribution in [1.82, 2.24) is 5.06 Å². The van der Waals surface area contributed by atoms with Crippen LogP contribution in [0.4, 0.5) is 0 Å². The molecule has 1 fully saturated rings. The Balaban J connectivity index is 2.13. The third-order valence-corrected chi connectivity index (χ3v) is 7.24. The lowest BCUT2D eigenvalue weighted by Gasteiger charge is -2.44. The first-order valence-corrected chi connectivity index (χ1v) is 11.7. The van der Waals surface area contributed by atoms with Crippen molar-refractivity contribution in [2.45, 2.75) is 45.6 Å². The molecule has 0 bridgehead atoms. The summed E-state index contributed by atoms with van der Waals surface area (Å²) in [5.41, 5.74) is 1.74. The molecule has 1 aromatic rings. The van der Waals surface area contributed by atoms with Crippen LogP contribution in [0, 0.1) is 24.4 Å². The summed E-state index contributed by atoms with van der Waals surface area (Å²) in [5, 5.41) is 11.5. The second-order valence-corrected chi connectivity index (χ2v) is 10.6. The Kier molecular flexibility index (Phi) is 8.34. The molecule has 2 rings (SSSR count). The van der Waals surface area contributed by atoms with Gasteiger partial charge in [0, 0.05) is 12.7 Å². The maximum Gasteiger partial charge on any atom is 0.277 e. The Labute approximate surface area is 196 Å². The number of rotatable bonds is 7. The zero-order chi connectivity index (χ0) is 21.1. The Morgan fingerprint density at radius 3 is 2.46 bits per heavy atom. The molecule has 28 heavy (non-hydrogen) atoms. The number of allylic oxidation sites excluding steroid dienone is 2. The Morgan fingerprint density at radius 2 is 1.96 bits per heavy atom. The van der Waals surface area contributed by atoms with Crippen molar-refractivity contribution in [2.75, 3.05) is 0 Å². The van der Waals surface area contributed by atoms with E-state index in [1.54, 1.807) is 18.2 Å². The van der Waals surface area contributed by atoms with Gasteiger partial charge in [-0.25, -0.2) is 5.06 Å². The van der Waals surface area contributed by atoms with E-state index in [1.807, 2.05) is 6.07 Å². The molecule has 3 nitrogen and oxygen atoms in total. The normalized spacial score (nSPS) is 25.6. The summed E-state index contributed by atoms with van der Waals surface area (Å²) >= 11 is 4.36. The first-order chi connectivity index (χ1) is 13.1. The molecule has 0 aromatic heterocycles. The Hall–Kier alpha value is -0.670. The van der Waals surface area contributed by atoms with Crippen LogP contribution < -0.4 is 0 Å². The molecule has 0 aliphatic heterocycles. The number of nitrogens with zero attached hydrogens (tertiary/aromatic N) is 1. The summed E-state index contributed by atoms with van der Waals surface area (Å²) < 4.78 is 1.94. The molecular formula is C23H29I2NO2. The van der Waals surface area contributed by atoms with E-state index in [-0.39, 0.29) is 11.3 Å². The van der Waals surface area contributed by atoms with Crippen LogP contribution in [0.1, 0.15) is 49.9 Å². The van der Waals surface area contributed by atoms with Gasteiger partial charge in [0.05, 0.1) is 6.04 Å². The first-order valence-electron chi connectivity index (χ1n) is 9.51. The average Bonchev–Trinajstić information content (AvgIpc) is 2.65. The van der Waals surface area contributed by atoms with Crippen LogP contribution in [-0.2, 0) is 0 Å². The topological polar surface area (TPSA) is 40.5 Å². The fourth-order valence-corrected chi connectivity index (χ4v) is 6.17.